The number of hydrogen-bond donors (Lipinski definition) is 1. The average Bonchev–Trinajstić information content (AvgIpc) is 2.78. The summed E-state index contributed by atoms with van der Waals surface area (Å²) in [5, 5.41) is 13.6. The lowest BCUT2D eigenvalue weighted by Crippen LogP contribution is -2.15. The summed E-state index contributed by atoms with van der Waals surface area (Å²) in [6.45, 7) is 5.33. The van der Waals surface area contributed by atoms with Crippen LogP contribution in [0.25, 0.3) is 11.4 Å². The fourth-order valence-corrected chi connectivity index (χ4v) is 1.52. The molecule has 0 aliphatic carbocycles. The first-order chi connectivity index (χ1) is 8.00. The zero-order valence-electron chi connectivity index (χ0n) is 10.3. The van der Waals surface area contributed by atoms with E-state index < -0.39 is 5.60 Å². The first-order valence-electron chi connectivity index (χ1n) is 5.66. The van der Waals surface area contributed by atoms with Gasteiger partial charge in [-0.2, -0.15) is 4.98 Å². The van der Waals surface area contributed by atoms with E-state index in [-0.39, 0.29) is 5.89 Å². The van der Waals surface area contributed by atoms with Crippen molar-refractivity contribution in [3.05, 3.63) is 35.7 Å². The summed E-state index contributed by atoms with van der Waals surface area (Å²) < 4.78 is 5.05. The van der Waals surface area contributed by atoms with Gasteiger partial charge in [-0.3, -0.25) is 0 Å². The molecule has 1 aromatic carbocycles. The van der Waals surface area contributed by atoms with E-state index in [1.54, 1.807) is 13.8 Å². The van der Waals surface area contributed by atoms with Crippen molar-refractivity contribution in [2.75, 3.05) is 0 Å². The molecule has 0 fully saturated rings. The Balaban J connectivity index is 2.37. The van der Waals surface area contributed by atoms with E-state index in [4.69, 9.17) is 4.52 Å². The maximum Gasteiger partial charge on any atom is 0.258 e. The molecule has 1 N–H and O–H groups in total. The Morgan fingerprint density at radius 1 is 1.35 bits per heavy atom. The second kappa shape index (κ2) is 4.30. The van der Waals surface area contributed by atoms with Crippen LogP contribution >= 0.6 is 0 Å². The lowest BCUT2D eigenvalue weighted by Gasteiger charge is -2.09. The third-order valence-electron chi connectivity index (χ3n) is 2.54. The van der Waals surface area contributed by atoms with Gasteiger partial charge < -0.3 is 9.63 Å². The molecule has 17 heavy (non-hydrogen) atoms. The fraction of sp³-hybridized carbons (Fsp3) is 0.385. The molecule has 0 spiro atoms. The van der Waals surface area contributed by atoms with Crippen molar-refractivity contribution in [1.29, 1.82) is 0 Å². The number of benzene rings is 1. The fourth-order valence-electron chi connectivity index (χ4n) is 1.52. The molecule has 0 bridgehead atoms. The Kier molecular flexibility index (Phi) is 2.98. The number of hydrogen-bond acceptors (Lipinski definition) is 4. The molecule has 2 aromatic rings. The zero-order valence-corrected chi connectivity index (χ0v) is 10.3. The predicted octanol–water partition coefficient (Wildman–Crippen LogP) is 2.53. The van der Waals surface area contributed by atoms with Crippen molar-refractivity contribution in [3.8, 4) is 11.4 Å². The number of aliphatic hydroxyl groups is 1. The molecule has 0 saturated carbocycles. The number of nitrogens with zero attached hydrogens (tertiary/aromatic N) is 2. The quantitative estimate of drug-likeness (QED) is 0.883. The highest BCUT2D eigenvalue weighted by Crippen LogP contribution is 2.22. The molecular formula is C13H16N2O2. The summed E-state index contributed by atoms with van der Waals surface area (Å²) in [4.78, 5) is 4.20. The molecule has 1 heterocycles. The largest absolute Gasteiger partial charge is 0.381 e. The molecular weight excluding hydrogens is 216 g/mol. The summed E-state index contributed by atoms with van der Waals surface area (Å²) in [5.41, 5.74) is 1.02. The Hall–Kier alpha value is -1.68. The van der Waals surface area contributed by atoms with Crippen molar-refractivity contribution in [2.24, 2.45) is 0 Å². The summed E-state index contributed by atoms with van der Waals surface area (Å²) >= 11 is 0. The molecule has 0 unspecified atom stereocenters. The van der Waals surface area contributed by atoms with Crippen LogP contribution in [-0.2, 0) is 12.0 Å². The van der Waals surface area contributed by atoms with Crippen LogP contribution in [0.2, 0.25) is 0 Å². The normalized spacial score (nSPS) is 11.8. The van der Waals surface area contributed by atoms with Gasteiger partial charge in [-0.15, -0.1) is 0 Å². The Morgan fingerprint density at radius 2 is 2.12 bits per heavy atom. The summed E-state index contributed by atoms with van der Waals surface area (Å²) in [6.07, 6.45) is 0.962. The van der Waals surface area contributed by atoms with Gasteiger partial charge in [-0.1, -0.05) is 30.3 Å². The SMILES string of the molecule is CCc1cccc(-c2noc(C(C)(C)O)n2)c1. The van der Waals surface area contributed by atoms with E-state index in [0.717, 1.165) is 12.0 Å². The minimum atomic E-state index is -1.10. The van der Waals surface area contributed by atoms with Gasteiger partial charge in [-0.25, -0.2) is 0 Å². The van der Waals surface area contributed by atoms with E-state index in [1.807, 2.05) is 18.2 Å². The van der Waals surface area contributed by atoms with Gasteiger partial charge in [0.25, 0.3) is 5.89 Å². The highest BCUT2D eigenvalue weighted by atomic mass is 16.5. The van der Waals surface area contributed by atoms with Crippen LogP contribution in [0, 0.1) is 0 Å². The van der Waals surface area contributed by atoms with Gasteiger partial charge in [0, 0.05) is 5.56 Å². The van der Waals surface area contributed by atoms with Gasteiger partial charge in [-0.05, 0) is 31.9 Å². The molecule has 0 radical (unpaired) electrons. The molecule has 0 aliphatic heterocycles. The Morgan fingerprint density at radius 3 is 2.71 bits per heavy atom. The lowest BCUT2D eigenvalue weighted by atomic mass is 10.1. The zero-order chi connectivity index (χ0) is 12.5. The average molecular weight is 232 g/mol. The number of aromatic nitrogens is 2. The van der Waals surface area contributed by atoms with E-state index in [9.17, 15) is 5.11 Å². The van der Waals surface area contributed by atoms with E-state index in [2.05, 4.69) is 23.1 Å². The smallest absolute Gasteiger partial charge is 0.258 e. The maximum absolute atomic E-state index is 9.75. The van der Waals surface area contributed by atoms with Gasteiger partial charge >= 0.3 is 0 Å². The topological polar surface area (TPSA) is 59.2 Å². The highest BCUT2D eigenvalue weighted by Gasteiger charge is 2.24. The number of aryl methyl sites for hydroxylation is 1. The third kappa shape index (κ3) is 2.53. The van der Waals surface area contributed by atoms with Crippen LogP contribution in [0.1, 0.15) is 32.2 Å². The van der Waals surface area contributed by atoms with Crippen LogP contribution in [0.15, 0.2) is 28.8 Å². The van der Waals surface area contributed by atoms with Crippen LogP contribution in [-0.4, -0.2) is 15.2 Å². The molecule has 0 amide bonds. The molecule has 2 rings (SSSR count). The van der Waals surface area contributed by atoms with E-state index in [0.29, 0.717) is 5.82 Å². The summed E-state index contributed by atoms with van der Waals surface area (Å²) in [6, 6.07) is 7.98. The van der Waals surface area contributed by atoms with Crippen LogP contribution in [0.3, 0.4) is 0 Å². The van der Waals surface area contributed by atoms with Gasteiger partial charge in [0.2, 0.25) is 5.82 Å². The summed E-state index contributed by atoms with van der Waals surface area (Å²) in [5.74, 6) is 0.742. The minimum absolute atomic E-state index is 0.231. The van der Waals surface area contributed by atoms with Crippen LogP contribution in [0.4, 0.5) is 0 Å². The predicted molar refractivity (Wildman–Crippen MR) is 64.4 cm³/mol. The van der Waals surface area contributed by atoms with Crippen molar-refractivity contribution in [2.45, 2.75) is 32.8 Å². The van der Waals surface area contributed by atoms with Crippen molar-refractivity contribution in [3.63, 3.8) is 0 Å². The first-order valence-corrected chi connectivity index (χ1v) is 5.66. The highest BCUT2D eigenvalue weighted by molar-refractivity contribution is 5.55. The molecule has 1 aromatic heterocycles. The molecule has 90 valence electrons. The van der Waals surface area contributed by atoms with Crippen molar-refractivity contribution < 1.29 is 9.63 Å². The molecule has 4 nitrogen and oxygen atoms in total. The lowest BCUT2D eigenvalue weighted by molar-refractivity contribution is 0.0420. The second-order valence-electron chi connectivity index (χ2n) is 4.54. The van der Waals surface area contributed by atoms with Gasteiger partial charge in [0.1, 0.15) is 5.60 Å². The number of rotatable bonds is 3. The van der Waals surface area contributed by atoms with E-state index >= 15 is 0 Å². The standard InChI is InChI=1S/C13H16N2O2/c1-4-9-6-5-7-10(8-9)11-14-12(17-15-11)13(2,3)16/h5-8,16H,4H2,1-3H3. The third-order valence-corrected chi connectivity index (χ3v) is 2.54. The van der Waals surface area contributed by atoms with Gasteiger partial charge in [0.05, 0.1) is 0 Å². The van der Waals surface area contributed by atoms with Crippen molar-refractivity contribution in [1.82, 2.24) is 10.1 Å². The maximum atomic E-state index is 9.75. The second-order valence-corrected chi connectivity index (χ2v) is 4.54. The summed E-state index contributed by atoms with van der Waals surface area (Å²) in [7, 11) is 0. The Labute approximate surface area is 100 Å². The molecule has 0 atom stereocenters. The van der Waals surface area contributed by atoms with Crippen LogP contribution < -0.4 is 0 Å². The minimum Gasteiger partial charge on any atom is -0.381 e. The molecule has 4 heteroatoms. The molecule has 0 aliphatic rings. The monoisotopic (exact) mass is 232 g/mol. The van der Waals surface area contributed by atoms with Crippen LogP contribution in [0.5, 0.6) is 0 Å². The van der Waals surface area contributed by atoms with Crippen molar-refractivity contribution >= 4 is 0 Å². The van der Waals surface area contributed by atoms with Gasteiger partial charge in [0.15, 0.2) is 0 Å². The first kappa shape index (κ1) is 11.8. The molecule has 0 saturated heterocycles. The van der Waals surface area contributed by atoms with E-state index in [1.165, 1.54) is 5.56 Å². The Bertz CT molecular complexity index is 512.